The van der Waals surface area contributed by atoms with Crippen molar-refractivity contribution in [2.75, 3.05) is 23.8 Å². The zero-order chi connectivity index (χ0) is 35.0. The molecule has 0 aromatic heterocycles. The summed E-state index contributed by atoms with van der Waals surface area (Å²) in [6, 6.07) is 28.8. The van der Waals surface area contributed by atoms with E-state index in [2.05, 4.69) is 10.6 Å². The molecule has 4 aromatic carbocycles. The fourth-order valence-corrected chi connectivity index (χ4v) is 5.74. The molecule has 0 radical (unpaired) electrons. The monoisotopic (exact) mass is 672 g/mol. The fraction of sp³-hybridized carbons (Fsp3) is 0.200. The van der Waals surface area contributed by atoms with E-state index < -0.39 is 36.4 Å². The molecule has 6 rings (SSSR count). The summed E-state index contributed by atoms with van der Waals surface area (Å²) >= 11 is 0. The average Bonchev–Trinajstić information content (AvgIpc) is 3.70. The van der Waals surface area contributed by atoms with Gasteiger partial charge in [0.05, 0.1) is 13.2 Å². The average molecular weight is 673 g/mol. The number of carbonyl (C=O) groups is 4. The molecule has 254 valence electrons. The van der Waals surface area contributed by atoms with Crippen LogP contribution in [0.5, 0.6) is 0 Å². The number of amides is 2. The quantitative estimate of drug-likeness (QED) is 0.152. The summed E-state index contributed by atoms with van der Waals surface area (Å²) in [6.45, 7) is 3.99. The molecule has 0 bridgehead atoms. The van der Waals surface area contributed by atoms with Gasteiger partial charge in [-0.15, -0.1) is 0 Å². The van der Waals surface area contributed by atoms with Crippen LogP contribution in [0, 0.1) is 13.8 Å². The van der Waals surface area contributed by atoms with Gasteiger partial charge in [-0.3, -0.25) is 9.59 Å². The van der Waals surface area contributed by atoms with Crippen LogP contribution in [0.1, 0.15) is 43.0 Å². The van der Waals surface area contributed by atoms with Gasteiger partial charge in [0.15, 0.2) is 12.2 Å². The molecule has 4 aromatic rings. The highest BCUT2D eigenvalue weighted by Gasteiger charge is 2.51. The zero-order valence-electron chi connectivity index (χ0n) is 27.5. The lowest BCUT2D eigenvalue weighted by atomic mass is 10.1. The van der Waals surface area contributed by atoms with E-state index in [4.69, 9.17) is 18.9 Å². The zero-order valence-corrected chi connectivity index (χ0v) is 27.5. The number of carbonyl (C=O) groups excluding carboxylic acids is 4. The van der Waals surface area contributed by atoms with E-state index in [1.807, 2.05) is 50.2 Å². The molecule has 2 aliphatic heterocycles. The first-order chi connectivity index (χ1) is 24.2. The third kappa shape index (κ3) is 8.41. The summed E-state index contributed by atoms with van der Waals surface area (Å²) < 4.78 is 22.8. The third-order valence-corrected chi connectivity index (χ3v) is 8.44. The normalized spacial score (nSPS) is 19.6. The van der Waals surface area contributed by atoms with Crippen LogP contribution < -0.4 is 10.6 Å². The Bertz CT molecular complexity index is 1790. The van der Waals surface area contributed by atoms with Crippen molar-refractivity contribution < 1.29 is 38.1 Å². The first-order valence-corrected chi connectivity index (χ1v) is 16.2. The van der Waals surface area contributed by atoms with Crippen molar-refractivity contribution in [2.24, 2.45) is 0 Å². The van der Waals surface area contributed by atoms with Crippen molar-refractivity contribution in [1.29, 1.82) is 0 Å². The number of anilines is 2. The van der Waals surface area contributed by atoms with Crippen molar-refractivity contribution >= 4 is 47.3 Å². The van der Waals surface area contributed by atoms with Gasteiger partial charge in [-0.05, 0) is 84.7 Å². The van der Waals surface area contributed by atoms with Gasteiger partial charge in [-0.2, -0.15) is 0 Å². The molecule has 2 N–H and O–H groups in total. The number of fused-ring (bicyclic) bond motifs is 1. The van der Waals surface area contributed by atoms with Crippen LogP contribution in [-0.4, -0.2) is 61.4 Å². The Morgan fingerprint density at radius 1 is 0.580 bits per heavy atom. The SMILES string of the molecule is Cc1ccccc1C(=O)Nc1ccc(C=CC(=O)O[C@H]2CO[C@H]3[C@@H]2OC[C@H]3OC(=O)C=Cc2ccc(NC(=O)c3ccccc3C)cc2)cc1. The highest BCUT2D eigenvalue weighted by Crippen LogP contribution is 2.31. The van der Waals surface area contributed by atoms with Gasteiger partial charge in [0.25, 0.3) is 11.8 Å². The lowest BCUT2D eigenvalue weighted by Gasteiger charge is -2.16. The summed E-state index contributed by atoms with van der Waals surface area (Å²) in [7, 11) is 0. The van der Waals surface area contributed by atoms with Crippen molar-refractivity contribution in [2.45, 2.75) is 38.3 Å². The molecule has 0 unspecified atom stereocenters. The summed E-state index contributed by atoms with van der Waals surface area (Å²) in [4.78, 5) is 50.3. The maximum Gasteiger partial charge on any atom is 0.331 e. The highest BCUT2D eigenvalue weighted by molar-refractivity contribution is 6.06. The van der Waals surface area contributed by atoms with Crippen molar-refractivity contribution in [3.8, 4) is 0 Å². The van der Waals surface area contributed by atoms with Gasteiger partial charge < -0.3 is 29.6 Å². The molecule has 0 saturated carbocycles. The molecule has 50 heavy (non-hydrogen) atoms. The van der Waals surface area contributed by atoms with Crippen LogP contribution in [0.15, 0.2) is 109 Å². The van der Waals surface area contributed by atoms with Crippen molar-refractivity contribution in [3.05, 3.63) is 143 Å². The predicted molar refractivity (Wildman–Crippen MR) is 188 cm³/mol. The molecule has 2 amide bonds. The van der Waals surface area contributed by atoms with Gasteiger partial charge in [-0.25, -0.2) is 9.59 Å². The Hall–Kier alpha value is -5.84. The number of hydrogen-bond donors (Lipinski definition) is 2. The van der Waals surface area contributed by atoms with Crippen LogP contribution in [0.3, 0.4) is 0 Å². The molecule has 2 aliphatic rings. The van der Waals surface area contributed by atoms with Crippen LogP contribution in [0.2, 0.25) is 0 Å². The van der Waals surface area contributed by atoms with Gasteiger partial charge >= 0.3 is 11.9 Å². The van der Waals surface area contributed by atoms with Gasteiger partial charge in [0.1, 0.15) is 12.2 Å². The fourth-order valence-electron chi connectivity index (χ4n) is 5.74. The summed E-state index contributed by atoms with van der Waals surface area (Å²) in [5, 5.41) is 5.75. The molecule has 2 fully saturated rings. The second-order valence-corrected chi connectivity index (χ2v) is 12.0. The standard InChI is InChI=1S/C40H36N2O8/c1-25-7-3-5-9-31(25)39(45)41-29-17-11-27(12-18-29)15-21-35(43)49-33-23-47-38-34(24-48-37(33)38)50-36(44)22-16-28-13-19-30(20-14-28)42-40(46)32-10-6-4-8-26(32)2/h3-22,33-34,37-38H,23-24H2,1-2H3,(H,41,45)(H,42,46)/t33-,34+,37-,38-/m1/s1. The third-order valence-electron chi connectivity index (χ3n) is 8.44. The largest absolute Gasteiger partial charge is 0.454 e. The number of nitrogens with one attached hydrogen (secondary N) is 2. The Morgan fingerprint density at radius 3 is 1.34 bits per heavy atom. The van der Waals surface area contributed by atoms with Gasteiger partial charge in [-0.1, -0.05) is 60.7 Å². The van der Waals surface area contributed by atoms with Crippen LogP contribution in [0.4, 0.5) is 11.4 Å². The number of ether oxygens (including phenoxy) is 4. The van der Waals surface area contributed by atoms with E-state index in [-0.39, 0.29) is 25.0 Å². The molecular formula is C40H36N2O8. The Labute approximate surface area is 289 Å². The topological polar surface area (TPSA) is 129 Å². The molecule has 4 atom stereocenters. The second kappa shape index (κ2) is 15.6. The maximum atomic E-state index is 12.6. The van der Waals surface area contributed by atoms with E-state index in [0.29, 0.717) is 22.5 Å². The summed E-state index contributed by atoms with van der Waals surface area (Å²) in [5.41, 5.74) is 5.73. The van der Waals surface area contributed by atoms with E-state index in [0.717, 1.165) is 22.3 Å². The number of aryl methyl sites for hydroxylation is 2. The van der Waals surface area contributed by atoms with Gasteiger partial charge in [0.2, 0.25) is 0 Å². The number of benzene rings is 4. The Morgan fingerprint density at radius 2 is 0.960 bits per heavy atom. The van der Waals surface area contributed by atoms with E-state index in [1.165, 1.54) is 12.2 Å². The van der Waals surface area contributed by atoms with E-state index in [1.54, 1.807) is 72.8 Å². The Balaban J connectivity index is 0.941. The highest BCUT2D eigenvalue weighted by atomic mass is 16.7. The maximum absolute atomic E-state index is 12.6. The van der Waals surface area contributed by atoms with Crippen LogP contribution in [0.25, 0.3) is 12.2 Å². The minimum absolute atomic E-state index is 0.112. The second-order valence-electron chi connectivity index (χ2n) is 12.0. The Kier molecular flexibility index (Phi) is 10.6. The van der Waals surface area contributed by atoms with Crippen molar-refractivity contribution in [3.63, 3.8) is 0 Å². The molecule has 2 saturated heterocycles. The molecular weight excluding hydrogens is 636 g/mol. The number of esters is 2. The van der Waals surface area contributed by atoms with Crippen LogP contribution in [-0.2, 0) is 28.5 Å². The lowest BCUT2D eigenvalue weighted by Crippen LogP contribution is -2.35. The first kappa shape index (κ1) is 34.0. The van der Waals surface area contributed by atoms with E-state index >= 15 is 0 Å². The lowest BCUT2D eigenvalue weighted by molar-refractivity contribution is -0.149. The van der Waals surface area contributed by atoms with E-state index in [9.17, 15) is 19.2 Å². The van der Waals surface area contributed by atoms with Crippen molar-refractivity contribution in [1.82, 2.24) is 0 Å². The number of hydrogen-bond acceptors (Lipinski definition) is 8. The minimum atomic E-state index is -0.653. The summed E-state index contributed by atoms with van der Waals surface area (Å²) in [5.74, 6) is -1.52. The molecule has 0 aliphatic carbocycles. The minimum Gasteiger partial charge on any atom is -0.454 e. The molecule has 10 heteroatoms. The molecule has 10 nitrogen and oxygen atoms in total. The smallest absolute Gasteiger partial charge is 0.331 e. The number of rotatable bonds is 10. The predicted octanol–water partition coefficient (Wildman–Crippen LogP) is 6.16. The molecule has 2 heterocycles. The van der Waals surface area contributed by atoms with Gasteiger partial charge in [0, 0.05) is 34.7 Å². The first-order valence-electron chi connectivity index (χ1n) is 16.2. The summed E-state index contributed by atoms with van der Waals surface area (Å²) in [6.07, 6.45) is 3.43. The molecule has 0 spiro atoms. The van der Waals surface area contributed by atoms with Crippen LogP contribution >= 0.6 is 0 Å².